The molecule has 0 aliphatic rings. The van der Waals surface area contributed by atoms with Crippen LogP contribution < -0.4 is 0 Å². The van der Waals surface area contributed by atoms with E-state index in [1.807, 2.05) is 6.07 Å². The number of nitro groups is 2. The molecular formula is C18H16FN3O6. The van der Waals surface area contributed by atoms with Gasteiger partial charge >= 0.3 is 5.97 Å². The molecule has 0 fully saturated rings. The molecule has 0 aliphatic heterocycles. The van der Waals surface area contributed by atoms with Gasteiger partial charge in [0.05, 0.1) is 22.5 Å². The number of carbonyl (C=O) groups excluding carboxylic acids is 1. The molecule has 1 unspecified atom stereocenters. The molecule has 10 heteroatoms. The fourth-order valence-electron chi connectivity index (χ4n) is 1.98. The van der Waals surface area contributed by atoms with Gasteiger partial charge in [-0.1, -0.05) is 12.1 Å². The number of benzene rings is 2. The molecule has 9 nitrogen and oxygen atoms in total. The third-order valence-corrected chi connectivity index (χ3v) is 3.60. The maximum atomic E-state index is 12.1. The number of esters is 1. The second-order valence-electron chi connectivity index (χ2n) is 5.49. The SMILES string of the molecule is CCOC(=O)C(C)(C#N)c1ccc([N+](=O)[O-])cc1.O=[N+]([O-])c1ccc(F)cc1. The number of hydrogen-bond acceptors (Lipinski definition) is 7. The number of halogens is 1. The van der Waals surface area contributed by atoms with Crippen LogP contribution in [0.1, 0.15) is 19.4 Å². The standard InChI is InChI=1S/C12H12N2O4.C6H4FNO2/c1-3-18-11(15)12(2,8-13)9-4-6-10(7-5-9)14(16)17;7-5-1-3-6(4-2-5)8(9)10/h4-7H,3H2,1-2H3;1-4H. The normalized spacial score (nSPS) is 11.8. The molecule has 2 rings (SSSR count). The van der Waals surface area contributed by atoms with Crippen molar-refractivity contribution in [3.63, 3.8) is 0 Å². The first-order valence-electron chi connectivity index (χ1n) is 7.89. The Morgan fingerprint density at radius 1 is 1.07 bits per heavy atom. The highest BCUT2D eigenvalue weighted by atomic mass is 19.1. The largest absolute Gasteiger partial charge is 0.465 e. The summed E-state index contributed by atoms with van der Waals surface area (Å²) in [5, 5.41) is 29.6. The first-order chi connectivity index (χ1) is 13.2. The van der Waals surface area contributed by atoms with Gasteiger partial charge in [0.15, 0.2) is 5.41 Å². The third kappa shape index (κ3) is 5.57. The molecule has 28 heavy (non-hydrogen) atoms. The van der Waals surface area contributed by atoms with Gasteiger partial charge in [0, 0.05) is 24.3 Å². The van der Waals surface area contributed by atoms with Crippen LogP contribution in [0.4, 0.5) is 15.8 Å². The van der Waals surface area contributed by atoms with Crippen molar-refractivity contribution in [2.75, 3.05) is 6.61 Å². The van der Waals surface area contributed by atoms with Crippen LogP contribution in [0, 0.1) is 37.4 Å². The van der Waals surface area contributed by atoms with E-state index in [1.54, 1.807) is 6.92 Å². The van der Waals surface area contributed by atoms with Crippen molar-refractivity contribution >= 4 is 17.3 Å². The maximum Gasteiger partial charge on any atom is 0.330 e. The lowest BCUT2D eigenvalue weighted by Gasteiger charge is -2.19. The fourth-order valence-corrected chi connectivity index (χ4v) is 1.98. The molecule has 0 saturated carbocycles. The smallest absolute Gasteiger partial charge is 0.330 e. The predicted octanol–water partition coefficient (Wildman–Crippen LogP) is 3.67. The van der Waals surface area contributed by atoms with E-state index in [4.69, 9.17) is 10.00 Å². The summed E-state index contributed by atoms with van der Waals surface area (Å²) in [5.41, 5.74) is -1.27. The van der Waals surface area contributed by atoms with Gasteiger partial charge in [-0.25, -0.2) is 9.18 Å². The van der Waals surface area contributed by atoms with Crippen LogP contribution in [0.3, 0.4) is 0 Å². The lowest BCUT2D eigenvalue weighted by atomic mass is 9.84. The van der Waals surface area contributed by atoms with Gasteiger partial charge in [-0.05, 0) is 31.5 Å². The van der Waals surface area contributed by atoms with Crippen molar-refractivity contribution in [2.24, 2.45) is 0 Å². The second-order valence-corrected chi connectivity index (χ2v) is 5.49. The Labute approximate surface area is 159 Å². The Bertz CT molecular complexity index is 893. The number of nitrogens with zero attached hydrogens (tertiary/aromatic N) is 3. The third-order valence-electron chi connectivity index (χ3n) is 3.60. The van der Waals surface area contributed by atoms with E-state index in [1.165, 1.54) is 31.2 Å². The van der Waals surface area contributed by atoms with E-state index in [0.717, 1.165) is 24.3 Å². The van der Waals surface area contributed by atoms with E-state index in [2.05, 4.69) is 0 Å². The molecular weight excluding hydrogens is 373 g/mol. The molecule has 0 aromatic heterocycles. The molecule has 0 radical (unpaired) electrons. The van der Waals surface area contributed by atoms with Crippen LogP contribution in [-0.4, -0.2) is 22.4 Å². The van der Waals surface area contributed by atoms with E-state index >= 15 is 0 Å². The minimum atomic E-state index is -1.45. The number of non-ortho nitro benzene ring substituents is 2. The zero-order valence-corrected chi connectivity index (χ0v) is 15.0. The van der Waals surface area contributed by atoms with Gasteiger partial charge in [0.25, 0.3) is 11.4 Å². The average molecular weight is 389 g/mol. The zero-order valence-electron chi connectivity index (χ0n) is 15.0. The summed E-state index contributed by atoms with van der Waals surface area (Å²) in [6, 6.07) is 11.5. The Morgan fingerprint density at radius 2 is 1.50 bits per heavy atom. The number of carbonyl (C=O) groups is 1. The number of hydrogen-bond donors (Lipinski definition) is 0. The predicted molar refractivity (Wildman–Crippen MR) is 95.7 cm³/mol. The monoisotopic (exact) mass is 389 g/mol. The molecule has 2 aromatic carbocycles. The maximum absolute atomic E-state index is 12.1. The Hall–Kier alpha value is -3.87. The molecule has 0 saturated heterocycles. The number of nitriles is 1. The summed E-state index contributed by atoms with van der Waals surface area (Å²) < 4.78 is 17.0. The molecule has 0 spiro atoms. The summed E-state index contributed by atoms with van der Waals surface area (Å²) in [6.45, 7) is 3.24. The van der Waals surface area contributed by atoms with E-state index < -0.39 is 27.0 Å². The zero-order chi connectivity index (χ0) is 21.3. The van der Waals surface area contributed by atoms with Gasteiger partial charge in [0.1, 0.15) is 5.82 Å². The van der Waals surface area contributed by atoms with Crippen molar-refractivity contribution in [3.8, 4) is 6.07 Å². The van der Waals surface area contributed by atoms with Gasteiger partial charge in [-0.15, -0.1) is 0 Å². The van der Waals surface area contributed by atoms with Crippen LogP contribution in [0.2, 0.25) is 0 Å². The van der Waals surface area contributed by atoms with E-state index in [-0.39, 0.29) is 18.0 Å². The molecule has 0 bridgehead atoms. The van der Waals surface area contributed by atoms with E-state index in [0.29, 0.717) is 5.56 Å². The van der Waals surface area contributed by atoms with Crippen molar-refractivity contribution < 1.29 is 23.8 Å². The molecule has 0 aliphatic carbocycles. The highest BCUT2D eigenvalue weighted by Gasteiger charge is 2.37. The minimum absolute atomic E-state index is 0.0945. The number of ether oxygens (including phenoxy) is 1. The lowest BCUT2D eigenvalue weighted by Crippen LogP contribution is -2.32. The van der Waals surface area contributed by atoms with Gasteiger partial charge in [-0.2, -0.15) is 5.26 Å². The Balaban J connectivity index is 0.000000330. The lowest BCUT2D eigenvalue weighted by molar-refractivity contribution is -0.385. The summed E-state index contributed by atoms with van der Waals surface area (Å²) in [7, 11) is 0. The van der Waals surface area contributed by atoms with Gasteiger partial charge in [-0.3, -0.25) is 20.2 Å². The molecule has 0 amide bonds. The molecule has 146 valence electrons. The molecule has 0 heterocycles. The van der Waals surface area contributed by atoms with Crippen molar-refractivity contribution in [1.29, 1.82) is 5.26 Å². The Kier molecular flexibility index (Phi) is 7.70. The number of nitro benzene ring substituents is 2. The first kappa shape index (κ1) is 22.2. The van der Waals surface area contributed by atoms with Crippen LogP contribution in [0.5, 0.6) is 0 Å². The van der Waals surface area contributed by atoms with E-state index in [9.17, 15) is 29.4 Å². The highest BCUT2D eigenvalue weighted by Crippen LogP contribution is 2.26. The highest BCUT2D eigenvalue weighted by molar-refractivity contribution is 5.86. The topological polar surface area (TPSA) is 136 Å². The second kappa shape index (κ2) is 9.72. The quantitative estimate of drug-likeness (QED) is 0.432. The minimum Gasteiger partial charge on any atom is -0.465 e. The molecule has 2 aromatic rings. The van der Waals surface area contributed by atoms with Gasteiger partial charge in [0.2, 0.25) is 0 Å². The van der Waals surface area contributed by atoms with Crippen molar-refractivity contribution in [3.05, 3.63) is 80.1 Å². The molecule has 0 N–H and O–H groups in total. The summed E-state index contributed by atoms with van der Waals surface area (Å²) >= 11 is 0. The van der Waals surface area contributed by atoms with Crippen LogP contribution >= 0.6 is 0 Å². The molecule has 1 atom stereocenters. The fraction of sp³-hybridized carbons (Fsp3) is 0.222. The van der Waals surface area contributed by atoms with Crippen molar-refractivity contribution in [2.45, 2.75) is 19.3 Å². The van der Waals surface area contributed by atoms with Crippen LogP contribution in [0.25, 0.3) is 0 Å². The van der Waals surface area contributed by atoms with Gasteiger partial charge < -0.3 is 4.74 Å². The number of rotatable bonds is 5. The average Bonchev–Trinajstić information content (AvgIpc) is 2.68. The first-order valence-corrected chi connectivity index (χ1v) is 7.89. The van der Waals surface area contributed by atoms with Crippen LogP contribution in [0.15, 0.2) is 48.5 Å². The summed E-state index contributed by atoms with van der Waals surface area (Å²) in [6.07, 6.45) is 0. The summed E-state index contributed by atoms with van der Waals surface area (Å²) in [4.78, 5) is 31.1. The van der Waals surface area contributed by atoms with Crippen molar-refractivity contribution in [1.82, 2.24) is 0 Å². The van der Waals surface area contributed by atoms with Crippen LogP contribution in [-0.2, 0) is 14.9 Å². The Morgan fingerprint density at radius 3 is 1.86 bits per heavy atom. The summed E-state index contributed by atoms with van der Waals surface area (Å²) in [5.74, 6) is -1.13.